The number of anilines is 1. The Morgan fingerprint density at radius 2 is 2.28 bits per heavy atom. The number of carbonyl (C=O) groups excluding carboxylic acids is 2. The molecule has 0 radical (unpaired) electrons. The summed E-state index contributed by atoms with van der Waals surface area (Å²) in [5.74, 6) is -0.343. The minimum absolute atomic E-state index is 0.00347. The molecule has 0 bridgehead atoms. The van der Waals surface area contributed by atoms with Crippen molar-refractivity contribution in [2.75, 3.05) is 18.8 Å². The first-order valence-corrected chi connectivity index (χ1v) is 9.15. The summed E-state index contributed by atoms with van der Waals surface area (Å²) >= 11 is 1.42. The first kappa shape index (κ1) is 17.3. The lowest BCUT2D eigenvalue weighted by molar-refractivity contribution is -0.129. The van der Waals surface area contributed by atoms with Gasteiger partial charge >= 0.3 is 0 Å². The smallest absolute Gasteiger partial charge is 0.225 e. The van der Waals surface area contributed by atoms with Crippen molar-refractivity contribution >= 4 is 28.3 Å². The molecule has 25 heavy (non-hydrogen) atoms. The fourth-order valence-electron chi connectivity index (χ4n) is 2.85. The predicted octanol–water partition coefficient (Wildman–Crippen LogP) is 1.22. The van der Waals surface area contributed by atoms with Crippen LogP contribution in [0.15, 0.2) is 29.8 Å². The summed E-state index contributed by atoms with van der Waals surface area (Å²) < 4.78 is 0. The summed E-state index contributed by atoms with van der Waals surface area (Å²) in [5.41, 5.74) is 7.38. The number of rotatable bonds is 7. The highest BCUT2D eigenvalue weighted by Crippen LogP contribution is 2.20. The summed E-state index contributed by atoms with van der Waals surface area (Å²) in [6.07, 6.45) is 3.55. The molecule has 7 nitrogen and oxygen atoms in total. The largest absolute Gasteiger partial charge is 0.375 e. The van der Waals surface area contributed by atoms with Crippen LogP contribution in [-0.4, -0.2) is 39.8 Å². The van der Waals surface area contributed by atoms with Crippen molar-refractivity contribution in [1.29, 1.82) is 0 Å². The molecule has 1 saturated heterocycles. The van der Waals surface area contributed by atoms with Gasteiger partial charge < -0.3 is 16.0 Å². The number of nitrogens with zero attached hydrogens (tertiary/aromatic N) is 3. The molecule has 3 rings (SSSR count). The van der Waals surface area contributed by atoms with Crippen molar-refractivity contribution in [2.24, 2.45) is 5.92 Å². The number of aryl methyl sites for hydroxylation is 1. The van der Waals surface area contributed by atoms with Crippen LogP contribution in [-0.2, 0) is 22.6 Å². The maximum absolute atomic E-state index is 12.3. The van der Waals surface area contributed by atoms with Crippen LogP contribution in [0.2, 0.25) is 0 Å². The maximum Gasteiger partial charge on any atom is 0.225 e. The van der Waals surface area contributed by atoms with Crippen molar-refractivity contribution in [3.05, 3.63) is 41.2 Å². The number of nitrogens with two attached hydrogens (primary N) is 1. The highest BCUT2D eigenvalue weighted by molar-refractivity contribution is 7.13. The number of aromatic nitrogens is 2. The van der Waals surface area contributed by atoms with Crippen LogP contribution in [0.1, 0.15) is 24.2 Å². The first-order chi connectivity index (χ1) is 12.1. The Morgan fingerprint density at radius 1 is 1.40 bits per heavy atom. The SMILES string of the molecule is Nc1nc(CCCNC(=O)[C@H]2CC(=O)N(Cc3ccccn3)C2)cs1. The fraction of sp³-hybridized carbons (Fsp3) is 0.412. The number of pyridine rings is 1. The van der Waals surface area contributed by atoms with Crippen molar-refractivity contribution < 1.29 is 9.59 Å². The lowest BCUT2D eigenvalue weighted by Gasteiger charge is -2.16. The number of carbonyl (C=O) groups is 2. The highest BCUT2D eigenvalue weighted by Gasteiger charge is 2.34. The Hall–Kier alpha value is -2.48. The van der Waals surface area contributed by atoms with Crippen molar-refractivity contribution in [3.8, 4) is 0 Å². The summed E-state index contributed by atoms with van der Waals surface area (Å²) in [4.78, 5) is 34.5. The normalized spacial score (nSPS) is 17.0. The quantitative estimate of drug-likeness (QED) is 0.724. The third-order valence-corrected chi connectivity index (χ3v) is 4.87. The minimum Gasteiger partial charge on any atom is -0.375 e. The van der Waals surface area contributed by atoms with Crippen LogP contribution in [0.25, 0.3) is 0 Å². The molecule has 2 aromatic heterocycles. The van der Waals surface area contributed by atoms with Crippen LogP contribution >= 0.6 is 11.3 Å². The lowest BCUT2D eigenvalue weighted by atomic mass is 10.1. The van der Waals surface area contributed by atoms with Crippen molar-refractivity contribution in [2.45, 2.75) is 25.8 Å². The van der Waals surface area contributed by atoms with Gasteiger partial charge in [-0.25, -0.2) is 4.98 Å². The minimum atomic E-state index is -0.286. The van der Waals surface area contributed by atoms with Crippen LogP contribution in [0.5, 0.6) is 0 Å². The number of hydrogen-bond acceptors (Lipinski definition) is 6. The molecule has 1 fully saturated rings. The molecule has 0 aromatic carbocycles. The third kappa shape index (κ3) is 4.76. The average Bonchev–Trinajstić information content (AvgIpc) is 3.18. The van der Waals surface area contributed by atoms with E-state index in [4.69, 9.17) is 5.73 Å². The van der Waals surface area contributed by atoms with Gasteiger partial charge in [0.2, 0.25) is 11.8 Å². The van der Waals surface area contributed by atoms with E-state index in [9.17, 15) is 9.59 Å². The summed E-state index contributed by atoms with van der Waals surface area (Å²) in [5, 5.41) is 5.42. The first-order valence-electron chi connectivity index (χ1n) is 8.27. The Kier molecular flexibility index (Phi) is 5.60. The fourth-order valence-corrected chi connectivity index (χ4v) is 3.45. The number of hydrogen-bond donors (Lipinski definition) is 2. The Bertz CT molecular complexity index is 734. The van der Waals surface area contributed by atoms with Gasteiger partial charge in [-0.2, -0.15) is 0 Å². The number of amides is 2. The van der Waals surface area contributed by atoms with Gasteiger partial charge in [-0.1, -0.05) is 6.07 Å². The highest BCUT2D eigenvalue weighted by atomic mass is 32.1. The zero-order chi connectivity index (χ0) is 17.6. The van der Waals surface area contributed by atoms with Gasteiger partial charge in [0.15, 0.2) is 5.13 Å². The van der Waals surface area contributed by atoms with Crippen molar-refractivity contribution in [3.63, 3.8) is 0 Å². The molecule has 1 atom stereocenters. The second-order valence-corrected chi connectivity index (χ2v) is 6.96. The Labute approximate surface area is 150 Å². The summed E-state index contributed by atoms with van der Waals surface area (Å²) in [6.45, 7) is 1.47. The zero-order valence-electron chi connectivity index (χ0n) is 13.9. The van der Waals surface area contributed by atoms with Gasteiger partial charge in [0, 0.05) is 31.1 Å². The summed E-state index contributed by atoms with van der Waals surface area (Å²) in [7, 11) is 0. The van der Waals surface area contributed by atoms with E-state index in [1.807, 2.05) is 23.6 Å². The number of thiazole rings is 1. The number of nitrogens with one attached hydrogen (secondary N) is 1. The van der Waals surface area contributed by atoms with Crippen LogP contribution in [0.3, 0.4) is 0 Å². The average molecular weight is 359 g/mol. The monoisotopic (exact) mass is 359 g/mol. The van der Waals surface area contributed by atoms with Gasteiger partial charge in [-0.15, -0.1) is 11.3 Å². The maximum atomic E-state index is 12.3. The molecular formula is C17H21N5O2S. The summed E-state index contributed by atoms with van der Waals surface area (Å²) in [6, 6.07) is 5.61. The van der Waals surface area contributed by atoms with E-state index >= 15 is 0 Å². The van der Waals surface area contributed by atoms with Crippen LogP contribution in [0.4, 0.5) is 5.13 Å². The molecule has 3 N–H and O–H groups in total. The molecule has 1 aliphatic heterocycles. The lowest BCUT2D eigenvalue weighted by Crippen LogP contribution is -2.33. The van der Waals surface area contributed by atoms with Gasteiger partial charge in [0.05, 0.1) is 23.9 Å². The second kappa shape index (κ2) is 8.06. The van der Waals surface area contributed by atoms with E-state index in [2.05, 4.69) is 15.3 Å². The van der Waals surface area contributed by atoms with E-state index in [1.165, 1.54) is 11.3 Å². The van der Waals surface area contributed by atoms with Gasteiger partial charge in [-0.05, 0) is 25.0 Å². The van der Waals surface area contributed by atoms with Crippen molar-refractivity contribution in [1.82, 2.24) is 20.2 Å². The molecule has 2 aromatic rings. The molecule has 1 aliphatic rings. The van der Waals surface area contributed by atoms with E-state index < -0.39 is 0 Å². The molecule has 2 amide bonds. The van der Waals surface area contributed by atoms with E-state index in [0.717, 1.165) is 24.2 Å². The molecule has 8 heteroatoms. The molecule has 0 spiro atoms. The molecule has 132 valence electrons. The van der Waals surface area contributed by atoms with Gasteiger partial charge in [-0.3, -0.25) is 14.6 Å². The Balaban J connectivity index is 1.41. The third-order valence-electron chi connectivity index (χ3n) is 4.14. The number of likely N-dealkylation sites (tertiary alicyclic amines) is 1. The second-order valence-electron chi connectivity index (χ2n) is 6.07. The van der Waals surface area contributed by atoms with E-state index in [0.29, 0.717) is 24.8 Å². The van der Waals surface area contributed by atoms with Crippen LogP contribution in [0, 0.1) is 5.92 Å². The molecule has 0 saturated carbocycles. The molecule has 3 heterocycles. The van der Waals surface area contributed by atoms with Gasteiger partial charge in [0.25, 0.3) is 0 Å². The standard InChI is InChI=1S/C17H21N5O2S/c18-17-21-14(11-25-17)5-3-7-20-16(24)12-8-15(23)22(9-12)10-13-4-1-2-6-19-13/h1-2,4,6,11-12H,3,5,7-10H2,(H2,18,21)(H,20,24)/t12-/m0/s1. The molecule has 0 unspecified atom stereocenters. The van der Waals surface area contributed by atoms with E-state index in [1.54, 1.807) is 11.1 Å². The number of nitrogen functional groups attached to an aromatic ring is 1. The molecule has 0 aliphatic carbocycles. The zero-order valence-corrected chi connectivity index (χ0v) is 14.7. The molecular weight excluding hydrogens is 338 g/mol. The Morgan fingerprint density at radius 3 is 3.00 bits per heavy atom. The van der Waals surface area contributed by atoms with E-state index in [-0.39, 0.29) is 24.2 Å². The topological polar surface area (TPSA) is 101 Å². The predicted molar refractivity (Wildman–Crippen MR) is 95.6 cm³/mol. The van der Waals surface area contributed by atoms with Crippen LogP contribution < -0.4 is 11.1 Å². The van der Waals surface area contributed by atoms with Gasteiger partial charge in [0.1, 0.15) is 0 Å².